The predicted octanol–water partition coefficient (Wildman–Crippen LogP) is 3.74. The van der Waals surface area contributed by atoms with E-state index in [4.69, 9.17) is 14.6 Å². The Morgan fingerprint density at radius 1 is 1.17 bits per heavy atom. The van der Waals surface area contributed by atoms with E-state index in [2.05, 4.69) is 4.98 Å². The largest absolute Gasteiger partial charge is 0.479 e. The summed E-state index contributed by atoms with van der Waals surface area (Å²) < 4.78 is 48.2. The second-order valence-corrected chi connectivity index (χ2v) is 4.55. The zero-order valence-corrected chi connectivity index (χ0v) is 11.9. The van der Waals surface area contributed by atoms with Crippen LogP contribution < -0.4 is 9.47 Å². The van der Waals surface area contributed by atoms with Crippen LogP contribution in [0.1, 0.15) is 12.5 Å². The van der Waals surface area contributed by atoms with E-state index in [0.29, 0.717) is 5.75 Å². The fourth-order valence-electron chi connectivity index (χ4n) is 1.60. The third-order valence-corrected chi connectivity index (χ3v) is 2.77. The van der Waals surface area contributed by atoms with Crippen molar-refractivity contribution in [2.24, 2.45) is 0 Å². The van der Waals surface area contributed by atoms with Crippen LogP contribution in [0.5, 0.6) is 17.4 Å². The molecule has 0 amide bonds. The number of hydrogen-bond donors (Lipinski definition) is 1. The fraction of sp³-hybridized carbons (Fsp3) is 0.200. The summed E-state index contributed by atoms with van der Waals surface area (Å²) in [6, 6.07) is 7.40. The van der Waals surface area contributed by atoms with Crippen LogP contribution in [0.2, 0.25) is 0 Å². The number of benzene rings is 1. The topological polar surface area (TPSA) is 68.7 Å². The van der Waals surface area contributed by atoms with Gasteiger partial charge < -0.3 is 14.6 Å². The van der Waals surface area contributed by atoms with Crippen LogP contribution in [-0.2, 0) is 11.0 Å². The molecule has 0 fully saturated rings. The average Bonchev–Trinajstić information content (AvgIpc) is 2.48. The van der Waals surface area contributed by atoms with Gasteiger partial charge in [0, 0.05) is 12.3 Å². The van der Waals surface area contributed by atoms with Gasteiger partial charge in [0.1, 0.15) is 11.5 Å². The maximum Gasteiger partial charge on any atom is 0.416 e. The first kappa shape index (κ1) is 16.6. The van der Waals surface area contributed by atoms with Gasteiger partial charge in [-0.1, -0.05) is 0 Å². The molecule has 2 aromatic rings. The van der Waals surface area contributed by atoms with Gasteiger partial charge in [-0.05, 0) is 37.3 Å². The van der Waals surface area contributed by atoms with E-state index in [1.807, 2.05) is 0 Å². The Hall–Kier alpha value is -2.77. The van der Waals surface area contributed by atoms with Crippen LogP contribution in [0, 0.1) is 0 Å². The van der Waals surface area contributed by atoms with Crippen molar-refractivity contribution in [3.63, 3.8) is 0 Å². The maximum absolute atomic E-state index is 12.6. The summed E-state index contributed by atoms with van der Waals surface area (Å²) in [4.78, 5) is 14.4. The van der Waals surface area contributed by atoms with Crippen molar-refractivity contribution < 1.29 is 32.5 Å². The SMILES string of the molecule is CC(Oc1ccc(Oc2cc(C(F)(F)F)ccn2)cc1)C(=O)O. The summed E-state index contributed by atoms with van der Waals surface area (Å²) in [6.07, 6.45) is -4.50. The van der Waals surface area contributed by atoms with Crippen LogP contribution >= 0.6 is 0 Å². The lowest BCUT2D eigenvalue weighted by Crippen LogP contribution is -2.22. The van der Waals surface area contributed by atoms with E-state index >= 15 is 0 Å². The number of carboxylic acid groups (broad SMARTS) is 1. The third-order valence-electron chi connectivity index (χ3n) is 2.77. The molecule has 0 spiro atoms. The number of pyridine rings is 1. The molecule has 122 valence electrons. The van der Waals surface area contributed by atoms with Gasteiger partial charge in [0.05, 0.1) is 5.56 Å². The number of aliphatic carboxylic acids is 1. The minimum atomic E-state index is -4.48. The second kappa shape index (κ2) is 6.55. The van der Waals surface area contributed by atoms with Gasteiger partial charge in [0.2, 0.25) is 5.88 Å². The number of carbonyl (C=O) groups is 1. The van der Waals surface area contributed by atoms with Crippen molar-refractivity contribution >= 4 is 5.97 Å². The van der Waals surface area contributed by atoms with Crippen molar-refractivity contribution in [3.05, 3.63) is 48.2 Å². The molecule has 5 nitrogen and oxygen atoms in total. The lowest BCUT2D eigenvalue weighted by atomic mass is 10.2. The van der Waals surface area contributed by atoms with Gasteiger partial charge in [-0.3, -0.25) is 0 Å². The zero-order chi connectivity index (χ0) is 17.0. The first-order valence-corrected chi connectivity index (χ1v) is 6.46. The molecular formula is C15H12F3NO4. The third kappa shape index (κ3) is 4.60. The first-order valence-electron chi connectivity index (χ1n) is 6.46. The highest BCUT2D eigenvalue weighted by atomic mass is 19.4. The quantitative estimate of drug-likeness (QED) is 0.906. The Morgan fingerprint density at radius 2 is 1.78 bits per heavy atom. The number of halogens is 3. The molecule has 0 radical (unpaired) electrons. The number of carboxylic acids is 1. The van der Waals surface area contributed by atoms with Gasteiger partial charge in [0.25, 0.3) is 0 Å². The summed E-state index contributed by atoms with van der Waals surface area (Å²) >= 11 is 0. The molecule has 0 aliphatic rings. The molecule has 0 bridgehead atoms. The van der Waals surface area contributed by atoms with E-state index in [1.165, 1.54) is 31.2 Å². The van der Waals surface area contributed by atoms with Crippen molar-refractivity contribution in [2.45, 2.75) is 19.2 Å². The van der Waals surface area contributed by atoms with E-state index in [-0.39, 0.29) is 11.6 Å². The Balaban J connectivity index is 2.08. The van der Waals surface area contributed by atoms with Crippen molar-refractivity contribution in [3.8, 4) is 17.4 Å². The highest BCUT2D eigenvalue weighted by molar-refractivity contribution is 5.72. The Morgan fingerprint density at radius 3 is 2.35 bits per heavy atom. The summed E-state index contributed by atoms with van der Waals surface area (Å²) in [5.74, 6) is -0.776. The normalized spacial score (nSPS) is 12.5. The standard InChI is InChI=1S/C15H12F3NO4/c1-9(14(20)21)22-11-2-4-12(5-3-11)23-13-8-10(6-7-19-13)15(16,17)18/h2-9H,1H3,(H,20,21). The lowest BCUT2D eigenvalue weighted by molar-refractivity contribution is -0.144. The van der Waals surface area contributed by atoms with E-state index in [9.17, 15) is 18.0 Å². The number of ether oxygens (including phenoxy) is 2. The highest BCUT2D eigenvalue weighted by Gasteiger charge is 2.31. The van der Waals surface area contributed by atoms with Gasteiger partial charge in [-0.15, -0.1) is 0 Å². The number of aromatic nitrogens is 1. The molecule has 23 heavy (non-hydrogen) atoms. The number of alkyl halides is 3. The molecule has 1 aromatic carbocycles. The van der Waals surface area contributed by atoms with Gasteiger partial charge in [-0.25, -0.2) is 9.78 Å². The molecule has 2 rings (SSSR count). The van der Waals surface area contributed by atoms with Gasteiger partial charge in [0.15, 0.2) is 6.10 Å². The van der Waals surface area contributed by atoms with E-state index in [1.54, 1.807) is 0 Å². The molecule has 0 aliphatic carbocycles. The second-order valence-electron chi connectivity index (χ2n) is 4.55. The monoisotopic (exact) mass is 327 g/mol. The van der Waals surface area contributed by atoms with Crippen LogP contribution in [0.3, 0.4) is 0 Å². The Kier molecular flexibility index (Phi) is 4.73. The van der Waals surface area contributed by atoms with Gasteiger partial charge >= 0.3 is 12.1 Å². The molecule has 1 N–H and O–H groups in total. The Bertz CT molecular complexity index is 686. The molecule has 1 heterocycles. The first-order chi connectivity index (χ1) is 10.8. The summed E-state index contributed by atoms with van der Waals surface area (Å²) in [6.45, 7) is 1.37. The maximum atomic E-state index is 12.6. The number of hydrogen-bond acceptors (Lipinski definition) is 4. The molecule has 0 aliphatic heterocycles. The average molecular weight is 327 g/mol. The van der Waals surface area contributed by atoms with Crippen molar-refractivity contribution in [2.75, 3.05) is 0 Å². The minimum Gasteiger partial charge on any atom is -0.479 e. The summed E-state index contributed by atoms with van der Waals surface area (Å²) in [5, 5.41) is 8.73. The minimum absolute atomic E-state index is 0.201. The molecular weight excluding hydrogens is 315 g/mol. The van der Waals surface area contributed by atoms with Crippen LogP contribution in [-0.4, -0.2) is 22.2 Å². The number of rotatable bonds is 5. The molecule has 0 saturated heterocycles. The van der Waals surface area contributed by atoms with E-state index in [0.717, 1.165) is 18.3 Å². The predicted molar refractivity (Wildman–Crippen MR) is 73.5 cm³/mol. The molecule has 1 aromatic heterocycles. The Labute approximate surface area is 129 Å². The zero-order valence-electron chi connectivity index (χ0n) is 11.9. The number of nitrogens with zero attached hydrogens (tertiary/aromatic N) is 1. The van der Waals surface area contributed by atoms with E-state index < -0.39 is 23.8 Å². The molecule has 8 heteroatoms. The molecule has 1 unspecified atom stereocenters. The van der Waals surface area contributed by atoms with Crippen molar-refractivity contribution in [1.29, 1.82) is 0 Å². The smallest absolute Gasteiger partial charge is 0.416 e. The van der Waals surface area contributed by atoms with Gasteiger partial charge in [-0.2, -0.15) is 13.2 Å². The van der Waals surface area contributed by atoms with Crippen LogP contribution in [0.4, 0.5) is 13.2 Å². The summed E-state index contributed by atoms with van der Waals surface area (Å²) in [5.41, 5.74) is -0.863. The van der Waals surface area contributed by atoms with Crippen LogP contribution in [0.15, 0.2) is 42.6 Å². The van der Waals surface area contributed by atoms with Crippen LogP contribution in [0.25, 0.3) is 0 Å². The van der Waals surface area contributed by atoms with Crippen molar-refractivity contribution in [1.82, 2.24) is 4.98 Å². The molecule has 1 atom stereocenters. The highest BCUT2D eigenvalue weighted by Crippen LogP contribution is 2.31. The lowest BCUT2D eigenvalue weighted by Gasteiger charge is -2.11. The summed E-state index contributed by atoms with van der Waals surface area (Å²) in [7, 11) is 0. The fourth-order valence-corrected chi connectivity index (χ4v) is 1.60. The molecule has 0 saturated carbocycles.